The molecule has 2 aromatic rings. The van der Waals surface area contributed by atoms with Crippen LogP contribution in [0.2, 0.25) is 5.02 Å². The number of hydrogen-bond acceptors (Lipinski definition) is 4. The second-order valence-electron chi connectivity index (χ2n) is 7.34. The minimum absolute atomic E-state index is 0.0483. The number of benzene rings is 1. The summed E-state index contributed by atoms with van der Waals surface area (Å²) in [6.07, 6.45) is 4.28. The summed E-state index contributed by atoms with van der Waals surface area (Å²) in [6.45, 7) is 4.09. The number of piperazine rings is 1. The summed E-state index contributed by atoms with van der Waals surface area (Å²) in [5.74, 6) is 1.36. The Labute approximate surface area is 170 Å². The van der Waals surface area contributed by atoms with Crippen LogP contribution in [-0.2, 0) is 6.54 Å². The zero-order valence-corrected chi connectivity index (χ0v) is 16.6. The second-order valence-corrected chi connectivity index (χ2v) is 7.75. The van der Waals surface area contributed by atoms with Crippen LogP contribution >= 0.6 is 11.6 Å². The molecule has 6 nitrogen and oxygen atoms in total. The summed E-state index contributed by atoms with van der Waals surface area (Å²) in [6, 6.07) is 11.6. The first kappa shape index (κ1) is 18.9. The van der Waals surface area contributed by atoms with E-state index in [1.54, 1.807) is 6.20 Å². The van der Waals surface area contributed by atoms with Crippen molar-refractivity contribution in [3.8, 4) is 5.88 Å². The molecule has 2 amide bonds. The van der Waals surface area contributed by atoms with Crippen molar-refractivity contribution < 1.29 is 9.53 Å². The van der Waals surface area contributed by atoms with Gasteiger partial charge in [-0.05, 0) is 36.5 Å². The lowest BCUT2D eigenvalue weighted by molar-refractivity contribution is 0.194. The van der Waals surface area contributed by atoms with Crippen molar-refractivity contribution in [3.63, 3.8) is 0 Å². The van der Waals surface area contributed by atoms with Gasteiger partial charge in [-0.3, -0.25) is 0 Å². The van der Waals surface area contributed by atoms with Gasteiger partial charge < -0.3 is 19.9 Å². The Hall–Kier alpha value is -2.47. The lowest BCUT2D eigenvalue weighted by atomic mass is 10.2. The quantitative estimate of drug-likeness (QED) is 0.805. The fourth-order valence-corrected chi connectivity index (χ4v) is 3.49. The Balaban J connectivity index is 1.21. The number of ether oxygens (including phenoxy) is 1. The molecule has 1 N–H and O–H groups in total. The molecule has 1 saturated heterocycles. The molecule has 1 aliphatic carbocycles. The summed E-state index contributed by atoms with van der Waals surface area (Å²) in [4.78, 5) is 20.8. The SMILES string of the molecule is O=C(NCc1ccc(OCC2CC2)nc1)N1CCN(c2ccccc2Cl)CC1. The predicted octanol–water partition coefficient (Wildman–Crippen LogP) is 3.56. The highest BCUT2D eigenvalue weighted by Crippen LogP contribution is 2.29. The zero-order valence-electron chi connectivity index (χ0n) is 15.8. The molecule has 1 aliphatic heterocycles. The number of aromatic nitrogens is 1. The monoisotopic (exact) mass is 400 g/mol. The normalized spacial score (nSPS) is 16.8. The number of pyridine rings is 1. The summed E-state index contributed by atoms with van der Waals surface area (Å²) in [5, 5.41) is 3.72. The first-order chi connectivity index (χ1) is 13.7. The molecule has 2 heterocycles. The molecular formula is C21H25ClN4O2. The number of halogens is 1. The fraction of sp³-hybridized carbons (Fsp3) is 0.429. The molecule has 28 heavy (non-hydrogen) atoms. The smallest absolute Gasteiger partial charge is 0.317 e. The summed E-state index contributed by atoms with van der Waals surface area (Å²) >= 11 is 6.27. The summed E-state index contributed by atoms with van der Waals surface area (Å²) < 4.78 is 5.64. The Bertz CT molecular complexity index is 802. The van der Waals surface area contributed by atoms with E-state index < -0.39 is 0 Å². The Morgan fingerprint density at radius 2 is 1.93 bits per heavy atom. The van der Waals surface area contributed by atoms with Crippen LogP contribution in [-0.4, -0.2) is 48.7 Å². The van der Waals surface area contributed by atoms with Crippen molar-refractivity contribution in [2.24, 2.45) is 5.92 Å². The van der Waals surface area contributed by atoms with E-state index in [0.717, 1.165) is 36.0 Å². The van der Waals surface area contributed by atoms with E-state index in [2.05, 4.69) is 15.2 Å². The Kier molecular flexibility index (Phi) is 5.86. The van der Waals surface area contributed by atoms with Gasteiger partial charge in [-0.25, -0.2) is 9.78 Å². The third kappa shape index (κ3) is 4.87. The van der Waals surface area contributed by atoms with Crippen LogP contribution in [0.5, 0.6) is 5.88 Å². The van der Waals surface area contributed by atoms with E-state index in [4.69, 9.17) is 16.3 Å². The largest absolute Gasteiger partial charge is 0.477 e. The Morgan fingerprint density at radius 1 is 1.14 bits per heavy atom. The molecule has 7 heteroatoms. The number of carbonyl (C=O) groups is 1. The molecular weight excluding hydrogens is 376 g/mol. The molecule has 0 radical (unpaired) electrons. The first-order valence-electron chi connectivity index (χ1n) is 9.79. The zero-order chi connectivity index (χ0) is 19.3. The molecule has 0 unspecified atom stereocenters. The first-order valence-corrected chi connectivity index (χ1v) is 10.2. The van der Waals surface area contributed by atoms with E-state index in [-0.39, 0.29) is 6.03 Å². The van der Waals surface area contributed by atoms with Crippen LogP contribution in [0.3, 0.4) is 0 Å². The van der Waals surface area contributed by atoms with Gasteiger partial charge in [0.05, 0.1) is 17.3 Å². The van der Waals surface area contributed by atoms with Crippen LogP contribution in [0.4, 0.5) is 10.5 Å². The number of nitrogens with one attached hydrogen (secondary N) is 1. The van der Waals surface area contributed by atoms with Gasteiger partial charge in [0.1, 0.15) is 0 Å². The van der Waals surface area contributed by atoms with Crippen molar-refractivity contribution in [2.45, 2.75) is 19.4 Å². The predicted molar refractivity (Wildman–Crippen MR) is 110 cm³/mol. The van der Waals surface area contributed by atoms with Crippen molar-refractivity contribution >= 4 is 23.3 Å². The van der Waals surface area contributed by atoms with Crippen molar-refractivity contribution in [3.05, 3.63) is 53.2 Å². The van der Waals surface area contributed by atoms with Gasteiger partial charge in [0.2, 0.25) is 5.88 Å². The van der Waals surface area contributed by atoms with E-state index in [9.17, 15) is 4.79 Å². The van der Waals surface area contributed by atoms with E-state index in [1.165, 1.54) is 12.8 Å². The maximum absolute atomic E-state index is 12.5. The summed E-state index contributed by atoms with van der Waals surface area (Å²) in [5.41, 5.74) is 1.99. The highest BCUT2D eigenvalue weighted by Gasteiger charge is 2.23. The van der Waals surface area contributed by atoms with E-state index >= 15 is 0 Å². The molecule has 1 saturated carbocycles. The third-order valence-corrected chi connectivity index (χ3v) is 5.48. The van der Waals surface area contributed by atoms with Crippen LogP contribution in [0.15, 0.2) is 42.6 Å². The third-order valence-electron chi connectivity index (χ3n) is 5.17. The van der Waals surface area contributed by atoms with Gasteiger partial charge in [-0.1, -0.05) is 29.8 Å². The average molecular weight is 401 g/mol. The summed E-state index contributed by atoms with van der Waals surface area (Å²) in [7, 11) is 0. The standard InChI is InChI=1S/C21H25ClN4O2/c22-18-3-1-2-4-19(18)25-9-11-26(12-10-25)21(27)24-14-17-7-8-20(23-13-17)28-15-16-5-6-16/h1-4,7-8,13,16H,5-6,9-12,14-15H2,(H,24,27). The number of amides is 2. The van der Waals surface area contributed by atoms with Gasteiger partial charge in [0, 0.05) is 45.0 Å². The van der Waals surface area contributed by atoms with Crippen LogP contribution < -0.4 is 15.0 Å². The van der Waals surface area contributed by atoms with Gasteiger partial charge in [0.25, 0.3) is 0 Å². The average Bonchev–Trinajstić information content (AvgIpc) is 3.56. The topological polar surface area (TPSA) is 57.7 Å². The number of carbonyl (C=O) groups excluding carboxylic acids is 1. The number of nitrogens with zero attached hydrogens (tertiary/aromatic N) is 3. The lowest BCUT2D eigenvalue weighted by Crippen LogP contribution is -2.51. The second kappa shape index (κ2) is 8.69. The molecule has 0 atom stereocenters. The maximum Gasteiger partial charge on any atom is 0.317 e. The molecule has 1 aromatic carbocycles. The number of urea groups is 1. The molecule has 1 aromatic heterocycles. The molecule has 2 fully saturated rings. The molecule has 148 valence electrons. The number of anilines is 1. The lowest BCUT2D eigenvalue weighted by Gasteiger charge is -2.36. The highest BCUT2D eigenvalue weighted by molar-refractivity contribution is 6.33. The minimum atomic E-state index is -0.0483. The molecule has 2 aliphatic rings. The molecule has 0 spiro atoms. The van der Waals surface area contributed by atoms with Gasteiger partial charge in [-0.15, -0.1) is 0 Å². The minimum Gasteiger partial charge on any atom is -0.477 e. The van der Waals surface area contributed by atoms with Crippen molar-refractivity contribution in [1.29, 1.82) is 0 Å². The van der Waals surface area contributed by atoms with Crippen LogP contribution in [0, 0.1) is 5.92 Å². The van der Waals surface area contributed by atoms with E-state index in [1.807, 2.05) is 41.3 Å². The van der Waals surface area contributed by atoms with Crippen molar-refractivity contribution in [1.82, 2.24) is 15.2 Å². The fourth-order valence-electron chi connectivity index (χ4n) is 3.24. The van der Waals surface area contributed by atoms with E-state index in [0.29, 0.717) is 31.4 Å². The van der Waals surface area contributed by atoms with Crippen LogP contribution in [0.25, 0.3) is 0 Å². The highest BCUT2D eigenvalue weighted by atomic mass is 35.5. The number of hydrogen-bond donors (Lipinski definition) is 1. The van der Waals surface area contributed by atoms with Crippen molar-refractivity contribution in [2.75, 3.05) is 37.7 Å². The van der Waals surface area contributed by atoms with Crippen LogP contribution in [0.1, 0.15) is 18.4 Å². The number of rotatable bonds is 6. The van der Waals surface area contributed by atoms with Gasteiger partial charge >= 0.3 is 6.03 Å². The number of para-hydroxylation sites is 1. The molecule has 0 bridgehead atoms. The van der Waals surface area contributed by atoms with Gasteiger partial charge in [0.15, 0.2) is 0 Å². The maximum atomic E-state index is 12.5. The Morgan fingerprint density at radius 3 is 2.61 bits per heavy atom. The molecule has 4 rings (SSSR count). The van der Waals surface area contributed by atoms with Gasteiger partial charge in [-0.2, -0.15) is 0 Å².